The summed E-state index contributed by atoms with van der Waals surface area (Å²) in [6.45, 7) is 3.11. The maximum Gasteiger partial charge on any atom is 0.195 e. The molecule has 4 heteroatoms. The summed E-state index contributed by atoms with van der Waals surface area (Å²) in [6.07, 6.45) is 2.02. The maximum absolute atomic E-state index is 5.69. The quantitative estimate of drug-likeness (QED) is 0.603. The number of hydrogen-bond acceptors (Lipinski definition) is 2. The first-order chi connectivity index (χ1) is 5.15. The van der Waals surface area contributed by atoms with Crippen molar-refractivity contribution in [1.82, 2.24) is 0 Å². The SMILES string of the molecule is CC1(C(Cl)Cl)OCCCCO1. The fourth-order valence-corrected chi connectivity index (χ4v) is 1.17. The number of hydrogen-bond donors (Lipinski definition) is 0. The zero-order valence-electron chi connectivity index (χ0n) is 6.48. The van der Waals surface area contributed by atoms with Crippen molar-refractivity contribution in [3.63, 3.8) is 0 Å². The molecule has 0 bridgehead atoms. The molecular formula is C7H12Cl2O2. The summed E-state index contributed by atoms with van der Waals surface area (Å²) in [4.78, 5) is -0.624. The largest absolute Gasteiger partial charge is 0.348 e. The molecule has 0 aromatic carbocycles. The Kier molecular flexibility index (Phi) is 3.44. The molecule has 0 atom stereocenters. The van der Waals surface area contributed by atoms with Gasteiger partial charge in [-0.25, -0.2) is 0 Å². The molecule has 1 heterocycles. The third-order valence-electron chi connectivity index (χ3n) is 1.71. The second-order valence-electron chi connectivity index (χ2n) is 2.72. The Bertz CT molecular complexity index is 120. The van der Waals surface area contributed by atoms with Crippen LogP contribution in [-0.4, -0.2) is 23.8 Å². The predicted molar refractivity (Wildman–Crippen MR) is 45.0 cm³/mol. The lowest BCUT2D eigenvalue weighted by Crippen LogP contribution is -2.38. The van der Waals surface area contributed by atoms with E-state index in [9.17, 15) is 0 Å². The van der Waals surface area contributed by atoms with E-state index in [2.05, 4.69) is 0 Å². The third kappa shape index (κ3) is 2.48. The zero-order chi connectivity index (χ0) is 8.32. The molecule has 0 amide bonds. The van der Waals surface area contributed by atoms with Gasteiger partial charge in [-0.2, -0.15) is 0 Å². The van der Waals surface area contributed by atoms with Crippen molar-refractivity contribution in [3.05, 3.63) is 0 Å². The molecule has 2 nitrogen and oxygen atoms in total. The van der Waals surface area contributed by atoms with Gasteiger partial charge >= 0.3 is 0 Å². The highest BCUT2D eigenvalue weighted by atomic mass is 35.5. The van der Waals surface area contributed by atoms with Crippen molar-refractivity contribution >= 4 is 23.2 Å². The maximum atomic E-state index is 5.69. The number of ether oxygens (including phenoxy) is 2. The van der Waals surface area contributed by atoms with Gasteiger partial charge in [-0.3, -0.25) is 0 Å². The van der Waals surface area contributed by atoms with Gasteiger partial charge in [0, 0.05) is 0 Å². The lowest BCUT2D eigenvalue weighted by Gasteiger charge is -2.28. The lowest BCUT2D eigenvalue weighted by atomic mass is 10.3. The molecule has 0 N–H and O–H groups in total. The minimum atomic E-state index is -0.806. The van der Waals surface area contributed by atoms with Gasteiger partial charge in [0.05, 0.1) is 13.2 Å². The molecule has 0 saturated carbocycles. The van der Waals surface area contributed by atoms with Crippen LogP contribution < -0.4 is 0 Å². The summed E-state index contributed by atoms with van der Waals surface area (Å²) in [5.41, 5.74) is 0. The summed E-state index contributed by atoms with van der Waals surface area (Å²) in [6, 6.07) is 0. The predicted octanol–water partition coefficient (Wildman–Crippen LogP) is 2.33. The van der Waals surface area contributed by atoms with Crippen LogP contribution in [0.4, 0.5) is 0 Å². The van der Waals surface area contributed by atoms with Crippen molar-refractivity contribution in [2.75, 3.05) is 13.2 Å². The van der Waals surface area contributed by atoms with Gasteiger partial charge in [0.15, 0.2) is 10.6 Å². The number of alkyl halides is 2. The Morgan fingerprint density at radius 1 is 1.18 bits per heavy atom. The molecule has 1 aliphatic heterocycles. The highest BCUT2D eigenvalue weighted by molar-refractivity contribution is 6.45. The smallest absolute Gasteiger partial charge is 0.195 e. The first-order valence-electron chi connectivity index (χ1n) is 3.71. The van der Waals surface area contributed by atoms with E-state index in [-0.39, 0.29) is 0 Å². The van der Waals surface area contributed by atoms with Gasteiger partial charge < -0.3 is 9.47 Å². The average Bonchev–Trinajstić information content (AvgIpc) is 2.15. The van der Waals surface area contributed by atoms with Gasteiger partial charge in [0.2, 0.25) is 0 Å². The standard InChI is InChI=1S/C7H12Cl2O2/c1-7(6(8)9)10-4-2-3-5-11-7/h6H,2-5H2,1H3. The molecule has 0 radical (unpaired) electrons. The van der Waals surface area contributed by atoms with Crippen molar-refractivity contribution in [3.8, 4) is 0 Å². The minimum absolute atomic E-state index is 0.624. The van der Waals surface area contributed by atoms with Crippen LogP contribution in [0.15, 0.2) is 0 Å². The Labute approximate surface area is 76.8 Å². The average molecular weight is 199 g/mol. The normalized spacial score (nSPS) is 25.1. The van der Waals surface area contributed by atoms with E-state index in [0.29, 0.717) is 13.2 Å². The van der Waals surface area contributed by atoms with E-state index in [0.717, 1.165) is 12.8 Å². The van der Waals surface area contributed by atoms with Crippen LogP contribution in [0.5, 0.6) is 0 Å². The molecule has 0 aromatic heterocycles. The van der Waals surface area contributed by atoms with Gasteiger partial charge in [-0.15, -0.1) is 0 Å². The summed E-state index contributed by atoms with van der Waals surface area (Å²) in [7, 11) is 0. The third-order valence-corrected chi connectivity index (χ3v) is 2.51. The lowest BCUT2D eigenvalue weighted by molar-refractivity contribution is -0.203. The Balaban J connectivity index is 2.52. The molecule has 0 aromatic rings. The molecule has 0 aliphatic carbocycles. The topological polar surface area (TPSA) is 18.5 Å². The first kappa shape index (κ1) is 9.59. The van der Waals surface area contributed by atoms with Crippen LogP contribution in [-0.2, 0) is 9.47 Å². The molecule has 11 heavy (non-hydrogen) atoms. The fraction of sp³-hybridized carbons (Fsp3) is 1.00. The summed E-state index contributed by atoms with van der Waals surface area (Å²) in [5, 5.41) is 0. The highest BCUT2D eigenvalue weighted by Gasteiger charge is 2.34. The van der Waals surface area contributed by atoms with Gasteiger partial charge in [-0.1, -0.05) is 23.2 Å². The van der Waals surface area contributed by atoms with Gasteiger partial charge in [-0.05, 0) is 19.8 Å². The zero-order valence-corrected chi connectivity index (χ0v) is 7.99. The molecule has 66 valence electrons. The van der Waals surface area contributed by atoms with E-state index in [1.54, 1.807) is 6.92 Å². The van der Waals surface area contributed by atoms with Gasteiger partial charge in [0.1, 0.15) is 0 Å². The monoisotopic (exact) mass is 198 g/mol. The van der Waals surface area contributed by atoms with E-state index in [4.69, 9.17) is 32.7 Å². The van der Waals surface area contributed by atoms with E-state index in [1.807, 2.05) is 0 Å². The molecule has 0 unspecified atom stereocenters. The molecular weight excluding hydrogens is 187 g/mol. The summed E-state index contributed by atoms with van der Waals surface area (Å²) >= 11 is 11.4. The van der Waals surface area contributed by atoms with Crippen molar-refractivity contribution in [2.24, 2.45) is 0 Å². The molecule has 1 aliphatic rings. The van der Waals surface area contributed by atoms with E-state index >= 15 is 0 Å². The first-order valence-corrected chi connectivity index (χ1v) is 4.58. The van der Waals surface area contributed by atoms with Crippen LogP contribution >= 0.6 is 23.2 Å². The summed E-state index contributed by atoms with van der Waals surface area (Å²) < 4.78 is 10.7. The van der Waals surface area contributed by atoms with E-state index < -0.39 is 10.6 Å². The van der Waals surface area contributed by atoms with Crippen molar-refractivity contribution in [2.45, 2.75) is 30.4 Å². The van der Waals surface area contributed by atoms with Crippen LogP contribution in [0.1, 0.15) is 19.8 Å². The highest BCUT2D eigenvalue weighted by Crippen LogP contribution is 2.27. The minimum Gasteiger partial charge on any atom is -0.348 e. The van der Waals surface area contributed by atoms with Crippen molar-refractivity contribution in [1.29, 1.82) is 0 Å². The Morgan fingerprint density at radius 2 is 1.64 bits per heavy atom. The Hall–Kier alpha value is 0.500. The second kappa shape index (κ2) is 3.94. The number of halogens is 2. The second-order valence-corrected chi connectivity index (χ2v) is 3.82. The molecule has 0 spiro atoms. The van der Waals surface area contributed by atoms with Crippen LogP contribution in [0.2, 0.25) is 0 Å². The van der Waals surface area contributed by atoms with E-state index in [1.165, 1.54) is 0 Å². The van der Waals surface area contributed by atoms with Crippen molar-refractivity contribution < 1.29 is 9.47 Å². The molecule has 1 rings (SSSR count). The summed E-state index contributed by atoms with van der Waals surface area (Å²) in [5.74, 6) is -0.806. The Morgan fingerprint density at radius 3 is 2.00 bits per heavy atom. The molecule has 1 fully saturated rings. The van der Waals surface area contributed by atoms with Crippen LogP contribution in [0, 0.1) is 0 Å². The fourth-order valence-electron chi connectivity index (χ4n) is 0.921. The molecule has 1 saturated heterocycles. The van der Waals surface area contributed by atoms with Crippen LogP contribution in [0.3, 0.4) is 0 Å². The van der Waals surface area contributed by atoms with Crippen LogP contribution in [0.25, 0.3) is 0 Å². The number of rotatable bonds is 1. The van der Waals surface area contributed by atoms with Gasteiger partial charge in [0.25, 0.3) is 0 Å².